The second kappa shape index (κ2) is 3.72. The van der Waals surface area contributed by atoms with Gasteiger partial charge in [0, 0.05) is 6.04 Å². The maximum Gasteiger partial charge on any atom is 0.234 e. The Balaban J connectivity index is 1.95. The topological polar surface area (TPSA) is 87.7 Å². The standard InChI is InChI=1S/C10H17N3O2/c11-8(13-15)10(5-6-10)9(14)12-7-3-1-2-4-7/h7,15H,1-6H2,(H2,11,13)(H,12,14). The Labute approximate surface area is 88.7 Å². The van der Waals surface area contributed by atoms with Crippen molar-refractivity contribution in [3.05, 3.63) is 0 Å². The Hall–Kier alpha value is -1.26. The zero-order valence-electron chi connectivity index (χ0n) is 8.70. The van der Waals surface area contributed by atoms with Gasteiger partial charge in [0.25, 0.3) is 0 Å². The summed E-state index contributed by atoms with van der Waals surface area (Å²) in [6.45, 7) is 0. The Morgan fingerprint density at radius 3 is 2.47 bits per heavy atom. The van der Waals surface area contributed by atoms with E-state index in [4.69, 9.17) is 10.9 Å². The third-order valence-electron chi connectivity index (χ3n) is 3.47. The van der Waals surface area contributed by atoms with Gasteiger partial charge in [-0.3, -0.25) is 4.79 Å². The molecule has 4 N–H and O–H groups in total. The lowest BCUT2D eigenvalue weighted by Gasteiger charge is -2.17. The number of carbonyl (C=O) groups excluding carboxylic acids is 1. The Morgan fingerprint density at radius 1 is 1.40 bits per heavy atom. The van der Waals surface area contributed by atoms with Gasteiger partial charge in [0.15, 0.2) is 5.84 Å². The van der Waals surface area contributed by atoms with Crippen LogP contribution in [0.1, 0.15) is 38.5 Å². The molecule has 0 saturated heterocycles. The highest BCUT2D eigenvalue weighted by atomic mass is 16.4. The van der Waals surface area contributed by atoms with Gasteiger partial charge in [0.1, 0.15) is 5.41 Å². The molecule has 0 bridgehead atoms. The van der Waals surface area contributed by atoms with Crippen molar-refractivity contribution in [2.24, 2.45) is 16.3 Å². The van der Waals surface area contributed by atoms with Gasteiger partial charge in [0.2, 0.25) is 5.91 Å². The molecule has 5 nitrogen and oxygen atoms in total. The summed E-state index contributed by atoms with van der Waals surface area (Å²) < 4.78 is 0. The largest absolute Gasteiger partial charge is 0.409 e. The molecule has 0 unspecified atom stereocenters. The molecule has 0 aliphatic heterocycles. The number of oxime groups is 1. The van der Waals surface area contributed by atoms with Gasteiger partial charge in [-0.2, -0.15) is 0 Å². The second-order valence-electron chi connectivity index (χ2n) is 4.52. The fourth-order valence-electron chi connectivity index (χ4n) is 2.21. The molecular formula is C10H17N3O2. The molecular weight excluding hydrogens is 194 g/mol. The summed E-state index contributed by atoms with van der Waals surface area (Å²) in [6.07, 6.45) is 5.86. The summed E-state index contributed by atoms with van der Waals surface area (Å²) in [5, 5.41) is 14.5. The first kappa shape index (κ1) is 10.3. The van der Waals surface area contributed by atoms with Crippen molar-refractivity contribution < 1.29 is 10.0 Å². The van der Waals surface area contributed by atoms with Gasteiger partial charge in [-0.25, -0.2) is 0 Å². The zero-order valence-corrected chi connectivity index (χ0v) is 8.70. The van der Waals surface area contributed by atoms with E-state index in [1.807, 2.05) is 0 Å². The average Bonchev–Trinajstić information content (AvgIpc) is 2.91. The monoisotopic (exact) mass is 211 g/mol. The van der Waals surface area contributed by atoms with Crippen molar-refractivity contribution in [2.45, 2.75) is 44.6 Å². The van der Waals surface area contributed by atoms with Crippen LogP contribution in [0.2, 0.25) is 0 Å². The predicted molar refractivity (Wildman–Crippen MR) is 55.5 cm³/mol. The number of nitrogens with two attached hydrogens (primary N) is 1. The van der Waals surface area contributed by atoms with Crippen molar-refractivity contribution in [1.29, 1.82) is 0 Å². The highest BCUT2D eigenvalue weighted by Gasteiger charge is 2.54. The predicted octanol–water partition coefficient (Wildman–Crippen LogP) is 0.572. The number of nitrogens with one attached hydrogen (secondary N) is 1. The molecule has 0 spiro atoms. The molecule has 2 aliphatic carbocycles. The van der Waals surface area contributed by atoms with Crippen molar-refractivity contribution >= 4 is 11.7 Å². The van der Waals surface area contributed by atoms with Crippen molar-refractivity contribution in [1.82, 2.24) is 5.32 Å². The second-order valence-corrected chi connectivity index (χ2v) is 4.52. The van der Waals surface area contributed by atoms with Gasteiger partial charge < -0.3 is 16.3 Å². The average molecular weight is 211 g/mol. The number of amides is 1. The van der Waals surface area contributed by atoms with E-state index in [9.17, 15) is 4.79 Å². The first-order valence-corrected chi connectivity index (χ1v) is 5.48. The fraction of sp³-hybridized carbons (Fsp3) is 0.800. The number of rotatable bonds is 3. The summed E-state index contributed by atoms with van der Waals surface area (Å²) in [6, 6.07) is 0.293. The number of amidine groups is 1. The quantitative estimate of drug-likeness (QED) is 0.276. The molecule has 2 fully saturated rings. The highest BCUT2D eigenvalue weighted by molar-refractivity contribution is 6.09. The Morgan fingerprint density at radius 2 is 2.00 bits per heavy atom. The summed E-state index contributed by atoms with van der Waals surface area (Å²) in [4.78, 5) is 11.9. The summed E-state index contributed by atoms with van der Waals surface area (Å²) in [5.74, 6) is -0.0114. The van der Waals surface area contributed by atoms with Crippen molar-refractivity contribution in [2.75, 3.05) is 0 Å². The first-order valence-electron chi connectivity index (χ1n) is 5.48. The van der Waals surface area contributed by atoms with Crippen LogP contribution in [0.15, 0.2) is 5.16 Å². The zero-order chi connectivity index (χ0) is 10.9. The van der Waals surface area contributed by atoms with E-state index in [0.29, 0.717) is 18.9 Å². The van der Waals surface area contributed by atoms with E-state index in [-0.39, 0.29) is 11.7 Å². The molecule has 84 valence electrons. The minimum absolute atomic E-state index is 0.0537. The molecule has 0 aromatic rings. The fourth-order valence-corrected chi connectivity index (χ4v) is 2.21. The molecule has 0 heterocycles. The van der Waals surface area contributed by atoms with Crippen LogP contribution in [0.25, 0.3) is 0 Å². The van der Waals surface area contributed by atoms with E-state index >= 15 is 0 Å². The third-order valence-corrected chi connectivity index (χ3v) is 3.47. The minimum Gasteiger partial charge on any atom is -0.409 e. The molecule has 15 heavy (non-hydrogen) atoms. The molecule has 0 atom stereocenters. The number of carbonyl (C=O) groups is 1. The van der Waals surface area contributed by atoms with Gasteiger partial charge >= 0.3 is 0 Å². The Kier molecular flexibility index (Phi) is 2.54. The molecule has 0 aromatic carbocycles. The lowest BCUT2D eigenvalue weighted by atomic mass is 10.0. The number of nitrogens with zero attached hydrogens (tertiary/aromatic N) is 1. The maximum absolute atomic E-state index is 11.9. The van der Waals surface area contributed by atoms with E-state index < -0.39 is 5.41 Å². The highest BCUT2D eigenvalue weighted by Crippen LogP contribution is 2.46. The Bertz CT molecular complexity index is 291. The maximum atomic E-state index is 11.9. The van der Waals surface area contributed by atoms with Gasteiger partial charge in [-0.1, -0.05) is 18.0 Å². The van der Waals surface area contributed by atoms with Crippen LogP contribution in [0.3, 0.4) is 0 Å². The van der Waals surface area contributed by atoms with Gasteiger partial charge in [0.05, 0.1) is 0 Å². The molecule has 1 amide bonds. The normalized spacial score (nSPS) is 25.2. The van der Waals surface area contributed by atoms with Crippen LogP contribution < -0.4 is 11.1 Å². The smallest absolute Gasteiger partial charge is 0.234 e. The molecule has 2 saturated carbocycles. The summed E-state index contributed by atoms with van der Waals surface area (Å²) in [7, 11) is 0. The summed E-state index contributed by atoms with van der Waals surface area (Å²) in [5.41, 5.74) is 4.83. The third kappa shape index (κ3) is 1.78. The van der Waals surface area contributed by atoms with E-state index in [0.717, 1.165) is 12.8 Å². The number of hydrogen-bond acceptors (Lipinski definition) is 3. The lowest BCUT2D eigenvalue weighted by molar-refractivity contribution is -0.124. The van der Waals surface area contributed by atoms with Crippen LogP contribution in [0.4, 0.5) is 0 Å². The molecule has 0 aromatic heterocycles. The lowest BCUT2D eigenvalue weighted by Crippen LogP contribution is -2.44. The van der Waals surface area contributed by atoms with Crippen LogP contribution >= 0.6 is 0 Å². The van der Waals surface area contributed by atoms with Crippen LogP contribution in [0.5, 0.6) is 0 Å². The van der Waals surface area contributed by atoms with Crippen LogP contribution in [0, 0.1) is 5.41 Å². The van der Waals surface area contributed by atoms with Gasteiger partial charge in [-0.05, 0) is 25.7 Å². The molecule has 0 radical (unpaired) electrons. The minimum atomic E-state index is -0.697. The van der Waals surface area contributed by atoms with Crippen LogP contribution in [-0.4, -0.2) is 23.0 Å². The van der Waals surface area contributed by atoms with E-state index in [1.54, 1.807) is 0 Å². The summed E-state index contributed by atoms with van der Waals surface area (Å²) >= 11 is 0. The van der Waals surface area contributed by atoms with Crippen molar-refractivity contribution in [3.63, 3.8) is 0 Å². The van der Waals surface area contributed by atoms with Crippen LogP contribution in [-0.2, 0) is 4.79 Å². The number of hydrogen-bond donors (Lipinski definition) is 3. The van der Waals surface area contributed by atoms with E-state index in [1.165, 1.54) is 12.8 Å². The first-order chi connectivity index (χ1) is 7.19. The molecule has 2 rings (SSSR count). The SMILES string of the molecule is NC(=NO)C1(C(=O)NC2CCCC2)CC1. The molecule has 5 heteroatoms. The van der Waals surface area contributed by atoms with Crippen molar-refractivity contribution in [3.8, 4) is 0 Å². The molecule has 2 aliphatic rings. The van der Waals surface area contributed by atoms with Gasteiger partial charge in [-0.15, -0.1) is 0 Å². The van der Waals surface area contributed by atoms with E-state index in [2.05, 4.69) is 10.5 Å².